The van der Waals surface area contributed by atoms with Crippen LogP contribution in [0.25, 0.3) is 11.0 Å². The van der Waals surface area contributed by atoms with Crippen LogP contribution in [-0.4, -0.2) is 46.3 Å². The molecule has 21 heavy (non-hydrogen) atoms. The van der Waals surface area contributed by atoms with Gasteiger partial charge in [-0.1, -0.05) is 6.07 Å². The van der Waals surface area contributed by atoms with Crippen LogP contribution in [0.3, 0.4) is 0 Å². The van der Waals surface area contributed by atoms with Gasteiger partial charge in [0.05, 0.1) is 30.3 Å². The van der Waals surface area contributed by atoms with Crippen molar-refractivity contribution in [1.82, 2.24) is 14.5 Å². The van der Waals surface area contributed by atoms with Crippen LogP contribution in [0.4, 0.5) is 5.95 Å². The van der Waals surface area contributed by atoms with Crippen LogP contribution in [0.1, 0.15) is 18.4 Å². The third-order valence-electron chi connectivity index (χ3n) is 4.78. The fraction of sp³-hybridized carbons (Fsp3) is 0.562. The van der Waals surface area contributed by atoms with Gasteiger partial charge in [0.25, 0.3) is 0 Å². The summed E-state index contributed by atoms with van der Waals surface area (Å²) in [5.41, 5.74) is 9.40. The van der Waals surface area contributed by atoms with Crippen molar-refractivity contribution in [2.45, 2.75) is 38.5 Å². The molecule has 2 saturated heterocycles. The average molecular weight is 286 g/mol. The minimum absolute atomic E-state index is 0.209. The Hall–Kier alpha value is -1.59. The second-order valence-electron chi connectivity index (χ2n) is 6.32. The predicted molar refractivity (Wildman–Crippen MR) is 83.2 cm³/mol. The first kappa shape index (κ1) is 13.1. The number of nitrogens with two attached hydrogens (primary N) is 1. The summed E-state index contributed by atoms with van der Waals surface area (Å²) in [6.07, 6.45) is 2.79. The Morgan fingerprint density at radius 2 is 2.33 bits per heavy atom. The maximum Gasteiger partial charge on any atom is 0.201 e. The van der Waals surface area contributed by atoms with Gasteiger partial charge < -0.3 is 15.0 Å². The van der Waals surface area contributed by atoms with E-state index in [0.717, 1.165) is 30.7 Å². The first-order valence-corrected chi connectivity index (χ1v) is 7.79. The lowest BCUT2D eigenvalue weighted by Crippen LogP contribution is -2.47. The number of nitrogens with zero attached hydrogens (tertiary/aromatic N) is 3. The van der Waals surface area contributed by atoms with Gasteiger partial charge in [-0.15, -0.1) is 0 Å². The Morgan fingerprint density at radius 3 is 3.24 bits per heavy atom. The zero-order valence-corrected chi connectivity index (χ0v) is 12.5. The van der Waals surface area contributed by atoms with Gasteiger partial charge in [0.1, 0.15) is 0 Å². The van der Waals surface area contributed by atoms with E-state index in [1.165, 1.54) is 24.9 Å². The van der Waals surface area contributed by atoms with E-state index < -0.39 is 0 Å². The van der Waals surface area contributed by atoms with Crippen LogP contribution in [0.15, 0.2) is 18.2 Å². The third-order valence-corrected chi connectivity index (χ3v) is 4.78. The first-order valence-electron chi connectivity index (χ1n) is 7.79. The summed E-state index contributed by atoms with van der Waals surface area (Å²) in [4.78, 5) is 7.04. The summed E-state index contributed by atoms with van der Waals surface area (Å²) in [7, 11) is 0. The lowest BCUT2D eigenvalue weighted by atomic mass is 10.2. The van der Waals surface area contributed by atoms with E-state index in [2.05, 4.69) is 39.6 Å². The SMILES string of the molecule is Cc1ccc2c(c1)nc(N)n2CC1CN2CCCC2CO1. The van der Waals surface area contributed by atoms with E-state index in [1.54, 1.807) is 0 Å². The third kappa shape index (κ3) is 2.30. The molecular formula is C16H22N4O. The summed E-state index contributed by atoms with van der Waals surface area (Å²) in [6, 6.07) is 6.94. The number of ether oxygens (including phenoxy) is 1. The molecule has 0 bridgehead atoms. The first-order chi connectivity index (χ1) is 10.2. The molecule has 112 valence electrons. The fourth-order valence-electron chi connectivity index (χ4n) is 3.65. The van der Waals surface area contributed by atoms with E-state index in [4.69, 9.17) is 10.5 Å². The molecule has 0 amide bonds. The summed E-state index contributed by atoms with van der Waals surface area (Å²) in [6.45, 7) is 5.94. The number of nitrogen functional groups attached to an aromatic ring is 1. The van der Waals surface area contributed by atoms with Gasteiger partial charge in [-0.05, 0) is 44.0 Å². The highest BCUT2D eigenvalue weighted by molar-refractivity contribution is 5.79. The standard InChI is InChI=1S/C16H22N4O/c1-11-4-5-15-14(7-11)18-16(17)20(15)9-13-8-19-6-2-3-12(19)10-21-13/h4-5,7,12-13H,2-3,6,8-10H2,1H3,(H2,17,18). The fourth-order valence-corrected chi connectivity index (χ4v) is 3.65. The number of hydrogen-bond acceptors (Lipinski definition) is 4. The molecule has 2 N–H and O–H groups in total. The quantitative estimate of drug-likeness (QED) is 0.914. The molecule has 3 heterocycles. The van der Waals surface area contributed by atoms with Gasteiger partial charge in [-0.25, -0.2) is 4.98 Å². The zero-order valence-electron chi connectivity index (χ0n) is 12.5. The minimum Gasteiger partial charge on any atom is -0.373 e. The van der Waals surface area contributed by atoms with Gasteiger partial charge in [-0.3, -0.25) is 4.90 Å². The van der Waals surface area contributed by atoms with Crippen molar-refractivity contribution in [3.05, 3.63) is 23.8 Å². The summed E-state index contributed by atoms with van der Waals surface area (Å²) in [5, 5.41) is 0. The average Bonchev–Trinajstić information content (AvgIpc) is 3.03. The monoisotopic (exact) mass is 286 g/mol. The summed E-state index contributed by atoms with van der Waals surface area (Å²) in [5.74, 6) is 0.586. The highest BCUT2D eigenvalue weighted by Crippen LogP contribution is 2.25. The van der Waals surface area contributed by atoms with E-state index in [0.29, 0.717) is 12.0 Å². The number of imidazole rings is 1. The molecule has 0 radical (unpaired) electrons. The van der Waals surface area contributed by atoms with Gasteiger partial charge in [0, 0.05) is 12.6 Å². The molecule has 2 atom stereocenters. The summed E-state index contributed by atoms with van der Waals surface area (Å²) >= 11 is 0. The lowest BCUT2D eigenvalue weighted by molar-refractivity contribution is -0.0545. The predicted octanol–water partition coefficient (Wildman–Crippen LogP) is 1.79. The molecule has 2 aromatic rings. The van der Waals surface area contributed by atoms with Crippen molar-refractivity contribution in [3.8, 4) is 0 Å². The number of fused-ring (bicyclic) bond motifs is 2. The normalized spacial score (nSPS) is 26.3. The van der Waals surface area contributed by atoms with Crippen molar-refractivity contribution in [2.75, 3.05) is 25.4 Å². The Morgan fingerprint density at radius 1 is 1.43 bits per heavy atom. The molecule has 2 fully saturated rings. The minimum atomic E-state index is 0.209. The van der Waals surface area contributed by atoms with Crippen molar-refractivity contribution in [3.63, 3.8) is 0 Å². The van der Waals surface area contributed by atoms with Gasteiger partial charge >= 0.3 is 0 Å². The number of aromatic nitrogens is 2. The summed E-state index contributed by atoms with van der Waals surface area (Å²) < 4.78 is 8.14. The molecule has 2 aliphatic heterocycles. The van der Waals surface area contributed by atoms with E-state index in [-0.39, 0.29) is 6.10 Å². The van der Waals surface area contributed by atoms with Gasteiger partial charge in [-0.2, -0.15) is 0 Å². The maximum atomic E-state index is 6.11. The molecule has 1 aromatic carbocycles. The molecule has 0 saturated carbocycles. The number of rotatable bonds is 2. The Kier molecular flexibility index (Phi) is 3.12. The molecule has 0 spiro atoms. The van der Waals surface area contributed by atoms with Crippen molar-refractivity contribution in [1.29, 1.82) is 0 Å². The van der Waals surface area contributed by atoms with Crippen LogP contribution in [0, 0.1) is 6.92 Å². The van der Waals surface area contributed by atoms with Crippen LogP contribution < -0.4 is 5.73 Å². The Bertz CT molecular complexity index is 666. The van der Waals surface area contributed by atoms with E-state index in [1.807, 2.05) is 0 Å². The number of benzene rings is 1. The van der Waals surface area contributed by atoms with E-state index >= 15 is 0 Å². The van der Waals surface area contributed by atoms with Crippen LogP contribution in [0.5, 0.6) is 0 Å². The molecule has 2 aliphatic rings. The Labute approximate surface area is 124 Å². The molecule has 0 aliphatic carbocycles. The number of aryl methyl sites for hydroxylation is 1. The molecular weight excluding hydrogens is 264 g/mol. The van der Waals surface area contributed by atoms with Gasteiger partial charge in [0.2, 0.25) is 5.95 Å². The van der Waals surface area contributed by atoms with Gasteiger partial charge in [0.15, 0.2) is 0 Å². The van der Waals surface area contributed by atoms with Crippen LogP contribution >= 0.6 is 0 Å². The second kappa shape index (κ2) is 5.00. The second-order valence-corrected chi connectivity index (χ2v) is 6.32. The number of morpholine rings is 1. The van der Waals surface area contributed by atoms with E-state index in [9.17, 15) is 0 Å². The van der Waals surface area contributed by atoms with Crippen LogP contribution in [0.2, 0.25) is 0 Å². The highest BCUT2D eigenvalue weighted by Gasteiger charge is 2.32. The lowest BCUT2D eigenvalue weighted by Gasteiger charge is -2.35. The molecule has 4 rings (SSSR count). The Balaban J connectivity index is 1.58. The van der Waals surface area contributed by atoms with Crippen LogP contribution in [-0.2, 0) is 11.3 Å². The molecule has 5 nitrogen and oxygen atoms in total. The maximum absolute atomic E-state index is 6.11. The smallest absolute Gasteiger partial charge is 0.201 e. The highest BCUT2D eigenvalue weighted by atomic mass is 16.5. The molecule has 5 heteroatoms. The topological polar surface area (TPSA) is 56.3 Å². The largest absolute Gasteiger partial charge is 0.373 e. The zero-order chi connectivity index (χ0) is 14.4. The van der Waals surface area contributed by atoms with Crippen molar-refractivity contribution < 1.29 is 4.74 Å². The number of hydrogen-bond donors (Lipinski definition) is 1. The van der Waals surface area contributed by atoms with Crippen molar-refractivity contribution in [2.24, 2.45) is 0 Å². The molecule has 2 unspecified atom stereocenters. The number of anilines is 1. The molecule has 1 aromatic heterocycles. The van der Waals surface area contributed by atoms with Crippen molar-refractivity contribution >= 4 is 17.0 Å².